The van der Waals surface area contributed by atoms with Crippen LogP contribution >= 0.6 is 0 Å². The number of likely N-dealkylation sites (N-methyl/N-ethyl adjacent to an activating group) is 1. The van der Waals surface area contributed by atoms with Crippen molar-refractivity contribution in [2.75, 3.05) is 53.4 Å². The summed E-state index contributed by atoms with van der Waals surface area (Å²) in [7, 11) is 4.11. The number of hydrogen-bond acceptors (Lipinski definition) is 5. The second-order valence-corrected chi connectivity index (χ2v) is 5.22. The first-order chi connectivity index (χ1) is 8.95. The van der Waals surface area contributed by atoms with Gasteiger partial charge in [-0.15, -0.1) is 0 Å². The largest absolute Gasteiger partial charge is 0.409 e. The fourth-order valence-corrected chi connectivity index (χ4v) is 2.02. The Morgan fingerprint density at radius 1 is 1.37 bits per heavy atom. The number of hydrogen-bond donors (Lipinski definition) is 2. The molecular weight excluding hydrogens is 246 g/mol. The third kappa shape index (κ3) is 4.68. The summed E-state index contributed by atoms with van der Waals surface area (Å²) in [6, 6.07) is 0. The lowest BCUT2D eigenvalue weighted by atomic mass is 10.1. The van der Waals surface area contributed by atoms with Gasteiger partial charge < -0.3 is 20.7 Å². The topological polar surface area (TPSA) is 85.4 Å². The summed E-state index contributed by atoms with van der Waals surface area (Å²) < 4.78 is 0. The van der Waals surface area contributed by atoms with E-state index in [1.807, 2.05) is 0 Å². The fourth-order valence-electron chi connectivity index (χ4n) is 2.02. The molecule has 110 valence electrons. The van der Waals surface area contributed by atoms with Gasteiger partial charge in [0, 0.05) is 39.3 Å². The highest BCUT2D eigenvalue weighted by atomic mass is 16.4. The van der Waals surface area contributed by atoms with Gasteiger partial charge >= 0.3 is 0 Å². The third-order valence-corrected chi connectivity index (χ3v) is 3.48. The zero-order chi connectivity index (χ0) is 14.4. The van der Waals surface area contributed by atoms with E-state index in [4.69, 9.17) is 10.9 Å². The van der Waals surface area contributed by atoms with Crippen molar-refractivity contribution in [3.63, 3.8) is 0 Å². The molecule has 1 unspecified atom stereocenters. The molecule has 0 aromatic carbocycles. The fraction of sp³-hybridized carbons (Fsp3) is 0.833. The van der Waals surface area contributed by atoms with Crippen LogP contribution in [0.5, 0.6) is 0 Å². The maximum Gasteiger partial charge on any atom is 0.233 e. The molecule has 0 radical (unpaired) electrons. The monoisotopic (exact) mass is 271 g/mol. The number of carbonyl (C=O) groups excluding carboxylic acids is 1. The highest BCUT2D eigenvalue weighted by Crippen LogP contribution is 2.07. The third-order valence-electron chi connectivity index (χ3n) is 3.48. The second-order valence-electron chi connectivity index (χ2n) is 5.22. The lowest BCUT2D eigenvalue weighted by Gasteiger charge is -2.36. The Hall–Kier alpha value is -1.34. The molecule has 0 spiro atoms. The summed E-state index contributed by atoms with van der Waals surface area (Å²) in [5, 5.41) is 11.5. The van der Waals surface area contributed by atoms with E-state index in [0.717, 1.165) is 26.2 Å². The van der Waals surface area contributed by atoms with Crippen LogP contribution in [0.4, 0.5) is 0 Å². The Labute approximate surface area is 114 Å². The Balaban J connectivity index is 2.39. The summed E-state index contributed by atoms with van der Waals surface area (Å²) in [5.41, 5.74) is 5.47. The molecule has 3 N–H and O–H groups in total. The van der Waals surface area contributed by atoms with Gasteiger partial charge in [-0.1, -0.05) is 5.16 Å². The molecule has 0 aliphatic carbocycles. The van der Waals surface area contributed by atoms with Crippen LogP contribution in [0.25, 0.3) is 0 Å². The average molecular weight is 271 g/mol. The van der Waals surface area contributed by atoms with Crippen LogP contribution in [-0.2, 0) is 4.79 Å². The number of carbonyl (C=O) groups is 1. The van der Waals surface area contributed by atoms with Gasteiger partial charge in [-0.2, -0.15) is 0 Å². The maximum atomic E-state index is 12.1. The van der Waals surface area contributed by atoms with Gasteiger partial charge in [0.1, 0.15) is 0 Å². The van der Waals surface area contributed by atoms with Gasteiger partial charge in [0.2, 0.25) is 5.91 Å². The number of nitrogens with two attached hydrogens (primary N) is 1. The van der Waals surface area contributed by atoms with Gasteiger partial charge in [0.15, 0.2) is 5.84 Å². The standard InChI is InChI=1S/C12H25N5O2/c1-10(11(13)14-19)12(18)17-8-6-16(7-9-17)5-4-15(2)3/h10,19H,4-9H2,1-3H3,(H2,13,14). The summed E-state index contributed by atoms with van der Waals surface area (Å²) in [6.45, 7) is 6.87. The number of rotatable bonds is 5. The van der Waals surface area contributed by atoms with Crippen LogP contribution in [0.15, 0.2) is 5.16 Å². The first kappa shape index (κ1) is 15.7. The van der Waals surface area contributed by atoms with Crippen molar-refractivity contribution >= 4 is 11.7 Å². The number of nitrogens with zero attached hydrogens (tertiary/aromatic N) is 4. The Bertz CT molecular complexity index is 324. The molecular formula is C12H25N5O2. The van der Waals surface area contributed by atoms with Crippen molar-refractivity contribution in [1.82, 2.24) is 14.7 Å². The van der Waals surface area contributed by atoms with E-state index < -0.39 is 5.92 Å². The molecule has 1 aliphatic rings. The predicted molar refractivity (Wildman–Crippen MR) is 74.1 cm³/mol. The molecule has 1 heterocycles. The van der Waals surface area contributed by atoms with Gasteiger partial charge in [-0.05, 0) is 21.0 Å². The number of amides is 1. The molecule has 1 aliphatic heterocycles. The minimum atomic E-state index is -0.557. The lowest BCUT2D eigenvalue weighted by molar-refractivity contribution is -0.134. The average Bonchev–Trinajstić information content (AvgIpc) is 2.43. The van der Waals surface area contributed by atoms with E-state index in [1.54, 1.807) is 11.8 Å². The number of amidine groups is 1. The van der Waals surface area contributed by atoms with Crippen LogP contribution < -0.4 is 5.73 Å². The second kappa shape index (κ2) is 7.30. The van der Waals surface area contributed by atoms with Crippen molar-refractivity contribution in [1.29, 1.82) is 0 Å². The highest BCUT2D eigenvalue weighted by Gasteiger charge is 2.26. The number of oxime groups is 1. The zero-order valence-corrected chi connectivity index (χ0v) is 12.0. The molecule has 1 amide bonds. The van der Waals surface area contributed by atoms with E-state index >= 15 is 0 Å². The normalized spacial score (nSPS) is 19.8. The van der Waals surface area contributed by atoms with Gasteiger partial charge in [0.25, 0.3) is 0 Å². The van der Waals surface area contributed by atoms with Crippen LogP contribution in [0.1, 0.15) is 6.92 Å². The molecule has 0 saturated carbocycles. The summed E-state index contributed by atoms with van der Waals surface area (Å²) in [4.78, 5) is 18.4. The van der Waals surface area contributed by atoms with Crippen LogP contribution in [0, 0.1) is 5.92 Å². The van der Waals surface area contributed by atoms with E-state index in [9.17, 15) is 4.79 Å². The molecule has 0 aromatic rings. The van der Waals surface area contributed by atoms with Crippen molar-refractivity contribution in [2.24, 2.45) is 16.8 Å². The van der Waals surface area contributed by atoms with Crippen molar-refractivity contribution in [2.45, 2.75) is 6.92 Å². The molecule has 1 saturated heterocycles. The molecule has 7 heteroatoms. The molecule has 0 aromatic heterocycles. The SMILES string of the molecule is CC(C(=O)N1CCN(CCN(C)C)CC1)C(N)=NO. The molecule has 1 rings (SSSR count). The molecule has 0 bridgehead atoms. The Morgan fingerprint density at radius 2 is 1.95 bits per heavy atom. The van der Waals surface area contributed by atoms with E-state index in [2.05, 4.69) is 29.1 Å². The first-order valence-corrected chi connectivity index (χ1v) is 6.59. The van der Waals surface area contributed by atoms with Crippen LogP contribution in [0.2, 0.25) is 0 Å². The van der Waals surface area contributed by atoms with Crippen molar-refractivity contribution in [3.05, 3.63) is 0 Å². The van der Waals surface area contributed by atoms with Gasteiger partial charge in [-0.3, -0.25) is 9.69 Å². The smallest absolute Gasteiger partial charge is 0.233 e. The Morgan fingerprint density at radius 3 is 2.42 bits per heavy atom. The van der Waals surface area contributed by atoms with Gasteiger partial charge in [-0.25, -0.2) is 0 Å². The summed E-state index contributed by atoms with van der Waals surface area (Å²) >= 11 is 0. The Kier molecular flexibility index (Phi) is 6.04. The van der Waals surface area contributed by atoms with Crippen LogP contribution in [-0.4, -0.2) is 85.0 Å². The highest BCUT2D eigenvalue weighted by molar-refractivity contribution is 6.01. The van der Waals surface area contributed by atoms with Crippen LogP contribution in [0.3, 0.4) is 0 Å². The maximum absolute atomic E-state index is 12.1. The van der Waals surface area contributed by atoms with E-state index in [1.165, 1.54) is 0 Å². The molecule has 1 atom stereocenters. The zero-order valence-electron chi connectivity index (χ0n) is 12.0. The van der Waals surface area contributed by atoms with Crippen molar-refractivity contribution in [3.8, 4) is 0 Å². The summed E-state index contributed by atoms with van der Waals surface area (Å²) in [6.07, 6.45) is 0. The van der Waals surface area contributed by atoms with Crippen molar-refractivity contribution < 1.29 is 10.0 Å². The summed E-state index contributed by atoms with van der Waals surface area (Å²) in [5.74, 6) is -0.652. The van der Waals surface area contributed by atoms with E-state index in [-0.39, 0.29) is 11.7 Å². The molecule has 7 nitrogen and oxygen atoms in total. The van der Waals surface area contributed by atoms with Gasteiger partial charge in [0.05, 0.1) is 5.92 Å². The molecule has 1 fully saturated rings. The minimum Gasteiger partial charge on any atom is -0.409 e. The first-order valence-electron chi connectivity index (χ1n) is 6.59. The quantitative estimate of drug-likeness (QED) is 0.292. The predicted octanol–water partition coefficient (Wildman–Crippen LogP) is -0.925. The van der Waals surface area contributed by atoms with E-state index in [0.29, 0.717) is 13.1 Å². The molecule has 19 heavy (non-hydrogen) atoms. The lowest BCUT2D eigenvalue weighted by Crippen LogP contribution is -2.52. The number of piperazine rings is 1. The minimum absolute atomic E-state index is 0.0277.